The Morgan fingerprint density at radius 1 is 0.806 bits per heavy atom. The van der Waals surface area contributed by atoms with Crippen molar-refractivity contribution in [1.29, 1.82) is 0 Å². The lowest BCUT2D eigenvalue weighted by molar-refractivity contribution is -0.137. The number of nitrogens with zero attached hydrogens (tertiary/aromatic N) is 7. The first-order valence-corrected chi connectivity index (χ1v) is 12.1. The van der Waals surface area contributed by atoms with Gasteiger partial charge in [0.25, 0.3) is 0 Å². The molecule has 190 valence electrons. The van der Waals surface area contributed by atoms with E-state index in [9.17, 15) is 13.2 Å². The van der Waals surface area contributed by atoms with Crippen LogP contribution in [0.25, 0.3) is 11.4 Å². The smallest absolute Gasteiger partial charge is 0.378 e. The van der Waals surface area contributed by atoms with Crippen molar-refractivity contribution in [1.82, 2.24) is 19.9 Å². The highest BCUT2D eigenvalue weighted by Gasteiger charge is 2.36. The van der Waals surface area contributed by atoms with E-state index >= 15 is 0 Å². The zero-order chi connectivity index (χ0) is 25.1. The fourth-order valence-corrected chi connectivity index (χ4v) is 4.41. The fraction of sp³-hybridized carbons (Fsp3) is 0.440. The van der Waals surface area contributed by atoms with Crippen molar-refractivity contribution in [3.05, 3.63) is 53.7 Å². The number of aromatic nitrogens is 4. The molecular weight excluding hydrogens is 471 g/mol. The Balaban J connectivity index is 1.41. The molecule has 8 nitrogen and oxygen atoms in total. The van der Waals surface area contributed by atoms with Gasteiger partial charge in [0.15, 0.2) is 5.82 Å². The number of aryl methyl sites for hydroxylation is 1. The van der Waals surface area contributed by atoms with E-state index in [1.807, 2.05) is 17.0 Å². The molecule has 0 bridgehead atoms. The van der Waals surface area contributed by atoms with E-state index in [1.165, 1.54) is 17.8 Å². The van der Waals surface area contributed by atoms with Crippen LogP contribution in [0.1, 0.15) is 18.1 Å². The Labute approximate surface area is 207 Å². The molecule has 2 saturated heterocycles. The quantitative estimate of drug-likeness (QED) is 0.527. The number of pyridine rings is 1. The second-order valence-corrected chi connectivity index (χ2v) is 8.76. The SMILES string of the molecule is CCc1ccc(-c2nc(N3CCOCC3)nc(N3CCN(c4ncccc4C(F)(F)F)CC3)n2)cc1. The lowest BCUT2D eigenvalue weighted by Gasteiger charge is -2.36. The van der Waals surface area contributed by atoms with E-state index in [0.717, 1.165) is 18.1 Å². The Kier molecular flexibility index (Phi) is 6.90. The van der Waals surface area contributed by atoms with Gasteiger partial charge in [0.2, 0.25) is 11.9 Å². The molecule has 0 unspecified atom stereocenters. The third-order valence-corrected chi connectivity index (χ3v) is 6.48. The molecule has 0 saturated carbocycles. The Morgan fingerprint density at radius 2 is 1.42 bits per heavy atom. The molecule has 2 aromatic heterocycles. The molecule has 11 heteroatoms. The van der Waals surface area contributed by atoms with Gasteiger partial charge in [-0.3, -0.25) is 0 Å². The molecular formula is C25H28F3N7O. The van der Waals surface area contributed by atoms with Gasteiger partial charge in [-0.2, -0.15) is 28.1 Å². The first-order valence-electron chi connectivity index (χ1n) is 12.1. The highest BCUT2D eigenvalue weighted by molar-refractivity contribution is 5.59. The minimum atomic E-state index is -4.45. The van der Waals surface area contributed by atoms with Gasteiger partial charge in [-0.15, -0.1) is 0 Å². The zero-order valence-corrected chi connectivity index (χ0v) is 20.1. The second kappa shape index (κ2) is 10.3. The van der Waals surface area contributed by atoms with Gasteiger partial charge in [-0.1, -0.05) is 31.2 Å². The minimum Gasteiger partial charge on any atom is -0.378 e. The molecule has 1 aromatic carbocycles. The maximum absolute atomic E-state index is 13.5. The molecule has 3 aromatic rings. The molecule has 5 rings (SSSR count). The molecule has 4 heterocycles. The predicted molar refractivity (Wildman–Crippen MR) is 131 cm³/mol. The van der Waals surface area contributed by atoms with E-state index in [4.69, 9.17) is 19.7 Å². The van der Waals surface area contributed by atoms with Crippen molar-refractivity contribution in [2.24, 2.45) is 0 Å². The number of rotatable bonds is 5. The standard InChI is InChI=1S/C25H28F3N7O/c1-2-18-5-7-19(8-6-18)21-30-23(32-24(31-21)35-14-16-36-17-15-35)34-12-10-33(11-13-34)22-20(25(26,27)28)4-3-9-29-22/h3-9H,2,10-17H2,1H3. The lowest BCUT2D eigenvalue weighted by Crippen LogP contribution is -2.48. The first kappa shape index (κ1) is 24.2. The molecule has 0 aliphatic carbocycles. The van der Waals surface area contributed by atoms with E-state index < -0.39 is 11.7 Å². The molecule has 2 aliphatic rings. The number of piperazine rings is 1. The molecule has 0 amide bonds. The highest BCUT2D eigenvalue weighted by atomic mass is 19.4. The van der Waals surface area contributed by atoms with Gasteiger partial charge in [0.05, 0.1) is 18.8 Å². The maximum Gasteiger partial charge on any atom is 0.419 e. The van der Waals surface area contributed by atoms with Crippen LogP contribution in [0.4, 0.5) is 30.9 Å². The lowest BCUT2D eigenvalue weighted by atomic mass is 10.1. The van der Waals surface area contributed by atoms with Crippen LogP contribution in [-0.2, 0) is 17.3 Å². The zero-order valence-electron chi connectivity index (χ0n) is 20.1. The largest absolute Gasteiger partial charge is 0.419 e. The van der Waals surface area contributed by atoms with Crippen LogP contribution >= 0.6 is 0 Å². The summed E-state index contributed by atoms with van der Waals surface area (Å²) < 4.78 is 46.0. The van der Waals surface area contributed by atoms with Crippen LogP contribution in [0.3, 0.4) is 0 Å². The van der Waals surface area contributed by atoms with Crippen LogP contribution in [0, 0.1) is 0 Å². The van der Waals surface area contributed by atoms with Gasteiger partial charge < -0.3 is 19.4 Å². The van der Waals surface area contributed by atoms with Crippen LogP contribution in [0.2, 0.25) is 0 Å². The average molecular weight is 500 g/mol. The van der Waals surface area contributed by atoms with Crippen molar-refractivity contribution in [2.45, 2.75) is 19.5 Å². The van der Waals surface area contributed by atoms with Crippen LogP contribution in [0.5, 0.6) is 0 Å². The average Bonchev–Trinajstić information content (AvgIpc) is 2.93. The minimum absolute atomic E-state index is 0.0361. The van der Waals surface area contributed by atoms with Crippen LogP contribution in [-0.4, -0.2) is 72.4 Å². The Bertz CT molecular complexity index is 1180. The monoisotopic (exact) mass is 499 g/mol. The number of benzene rings is 1. The number of anilines is 3. The summed E-state index contributed by atoms with van der Waals surface area (Å²) in [6.07, 6.45) is -2.11. The van der Waals surface area contributed by atoms with E-state index in [0.29, 0.717) is 70.2 Å². The highest BCUT2D eigenvalue weighted by Crippen LogP contribution is 2.35. The van der Waals surface area contributed by atoms with Crippen LogP contribution in [0.15, 0.2) is 42.6 Å². The molecule has 0 radical (unpaired) electrons. The molecule has 0 atom stereocenters. The third kappa shape index (κ3) is 5.20. The summed E-state index contributed by atoms with van der Waals surface area (Å²) in [4.78, 5) is 24.1. The Morgan fingerprint density at radius 3 is 2.03 bits per heavy atom. The van der Waals surface area contributed by atoms with Crippen molar-refractivity contribution in [3.8, 4) is 11.4 Å². The molecule has 36 heavy (non-hydrogen) atoms. The predicted octanol–water partition coefficient (Wildman–Crippen LogP) is 3.68. The van der Waals surface area contributed by atoms with Crippen molar-refractivity contribution >= 4 is 17.7 Å². The van der Waals surface area contributed by atoms with E-state index in [1.54, 1.807) is 4.90 Å². The van der Waals surface area contributed by atoms with Gasteiger partial charge >= 0.3 is 6.18 Å². The summed E-state index contributed by atoms with van der Waals surface area (Å²) >= 11 is 0. The van der Waals surface area contributed by atoms with Crippen LogP contribution < -0.4 is 14.7 Å². The Hall–Kier alpha value is -3.47. The first-order chi connectivity index (χ1) is 17.4. The molecule has 0 N–H and O–H groups in total. The topological polar surface area (TPSA) is 70.5 Å². The maximum atomic E-state index is 13.5. The van der Waals surface area contributed by atoms with Crippen molar-refractivity contribution in [3.63, 3.8) is 0 Å². The number of hydrogen-bond acceptors (Lipinski definition) is 8. The van der Waals surface area contributed by atoms with Crippen molar-refractivity contribution < 1.29 is 17.9 Å². The van der Waals surface area contributed by atoms with Gasteiger partial charge in [-0.05, 0) is 24.1 Å². The number of halogens is 3. The summed E-state index contributed by atoms with van der Waals surface area (Å²) in [5.41, 5.74) is 1.41. The number of alkyl halides is 3. The normalized spacial score (nSPS) is 16.9. The van der Waals surface area contributed by atoms with Crippen molar-refractivity contribution in [2.75, 3.05) is 67.2 Å². The number of ether oxygens (including phenoxy) is 1. The number of hydrogen-bond donors (Lipinski definition) is 0. The summed E-state index contributed by atoms with van der Waals surface area (Å²) in [5.74, 6) is 1.66. The third-order valence-electron chi connectivity index (χ3n) is 6.48. The summed E-state index contributed by atoms with van der Waals surface area (Å²) in [6.45, 7) is 6.37. The molecule has 2 fully saturated rings. The number of morpholine rings is 1. The van der Waals surface area contributed by atoms with E-state index in [2.05, 4.69) is 28.9 Å². The fourth-order valence-electron chi connectivity index (χ4n) is 4.41. The molecule has 2 aliphatic heterocycles. The summed E-state index contributed by atoms with van der Waals surface area (Å²) in [6, 6.07) is 10.5. The van der Waals surface area contributed by atoms with Gasteiger partial charge in [0, 0.05) is 51.0 Å². The van der Waals surface area contributed by atoms with E-state index in [-0.39, 0.29) is 5.82 Å². The summed E-state index contributed by atoms with van der Waals surface area (Å²) in [5, 5.41) is 0. The van der Waals surface area contributed by atoms with Gasteiger partial charge in [0.1, 0.15) is 5.82 Å². The second-order valence-electron chi connectivity index (χ2n) is 8.76. The van der Waals surface area contributed by atoms with Gasteiger partial charge in [-0.25, -0.2) is 4.98 Å². The summed E-state index contributed by atoms with van der Waals surface area (Å²) in [7, 11) is 0. The molecule has 0 spiro atoms.